The van der Waals surface area contributed by atoms with Crippen molar-refractivity contribution in [1.82, 2.24) is 0 Å². The van der Waals surface area contributed by atoms with Crippen molar-refractivity contribution in [2.24, 2.45) is 46.3 Å². The van der Waals surface area contributed by atoms with Gasteiger partial charge in [0.1, 0.15) is 0 Å². The zero-order valence-corrected chi connectivity index (χ0v) is 18.9. The predicted molar refractivity (Wildman–Crippen MR) is 115 cm³/mol. The van der Waals surface area contributed by atoms with Crippen LogP contribution in [0, 0.1) is 46.3 Å². The first kappa shape index (κ1) is 20.2. The maximum absolute atomic E-state index is 10.7. The SMILES string of the molecule is CCCC[C@@H](C)[C@H]1CC[C@H]2[C@@H]3CC[C@@H]4C[C@@](C)(O)CC[C@]4(C)[C@H]3CC[C@]12C. The van der Waals surface area contributed by atoms with Crippen molar-refractivity contribution >= 4 is 0 Å². The Morgan fingerprint density at radius 3 is 2.37 bits per heavy atom. The summed E-state index contributed by atoms with van der Waals surface area (Å²) in [5, 5.41) is 10.7. The maximum Gasteiger partial charge on any atom is 0.0622 e. The fourth-order valence-corrected chi connectivity index (χ4v) is 9.13. The van der Waals surface area contributed by atoms with Crippen LogP contribution in [0.4, 0.5) is 0 Å². The van der Waals surface area contributed by atoms with Gasteiger partial charge in [-0.3, -0.25) is 0 Å². The van der Waals surface area contributed by atoms with E-state index in [0.29, 0.717) is 10.8 Å². The average Bonchev–Trinajstić information content (AvgIpc) is 2.97. The molecule has 0 unspecified atom stereocenters. The minimum Gasteiger partial charge on any atom is -0.390 e. The van der Waals surface area contributed by atoms with Crippen LogP contribution >= 0.6 is 0 Å². The van der Waals surface area contributed by atoms with Crippen molar-refractivity contribution < 1.29 is 5.11 Å². The molecule has 1 nitrogen and oxygen atoms in total. The summed E-state index contributed by atoms with van der Waals surface area (Å²) < 4.78 is 0. The number of hydrogen-bond acceptors (Lipinski definition) is 1. The van der Waals surface area contributed by atoms with Crippen molar-refractivity contribution in [1.29, 1.82) is 0 Å². The van der Waals surface area contributed by atoms with Gasteiger partial charge in [-0.15, -0.1) is 0 Å². The van der Waals surface area contributed by atoms with E-state index in [4.69, 9.17) is 0 Å². The van der Waals surface area contributed by atoms with Gasteiger partial charge in [-0.05, 0) is 111 Å². The zero-order chi connectivity index (χ0) is 19.4. The lowest BCUT2D eigenvalue weighted by molar-refractivity contribution is -0.147. The topological polar surface area (TPSA) is 20.2 Å². The molecule has 0 aliphatic heterocycles. The number of unbranched alkanes of at least 4 members (excludes halogenated alkanes) is 1. The van der Waals surface area contributed by atoms with Crippen LogP contribution in [0.25, 0.3) is 0 Å². The summed E-state index contributed by atoms with van der Waals surface area (Å²) in [5.41, 5.74) is 0.740. The van der Waals surface area contributed by atoms with E-state index in [0.717, 1.165) is 48.3 Å². The van der Waals surface area contributed by atoms with E-state index in [9.17, 15) is 5.11 Å². The Kier molecular flexibility index (Phi) is 5.27. The Morgan fingerprint density at radius 1 is 0.889 bits per heavy atom. The molecule has 4 aliphatic carbocycles. The molecule has 0 spiro atoms. The number of hydrogen-bond donors (Lipinski definition) is 1. The number of rotatable bonds is 4. The van der Waals surface area contributed by atoms with Crippen LogP contribution in [0.5, 0.6) is 0 Å². The van der Waals surface area contributed by atoms with Crippen LogP contribution in [0.15, 0.2) is 0 Å². The minimum atomic E-state index is -0.395. The fraction of sp³-hybridized carbons (Fsp3) is 1.00. The normalized spacial score (nSPS) is 53.3. The van der Waals surface area contributed by atoms with Gasteiger partial charge in [0, 0.05) is 0 Å². The van der Waals surface area contributed by atoms with E-state index < -0.39 is 5.60 Å². The zero-order valence-electron chi connectivity index (χ0n) is 18.9. The molecule has 0 aromatic carbocycles. The van der Waals surface area contributed by atoms with Crippen molar-refractivity contribution in [3.8, 4) is 0 Å². The first-order valence-corrected chi connectivity index (χ1v) is 12.4. The molecule has 9 atom stereocenters. The van der Waals surface area contributed by atoms with E-state index in [-0.39, 0.29) is 0 Å². The third-order valence-electron chi connectivity index (χ3n) is 10.7. The number of aliphatic hydroxyl groups is 1. The molecule has 0 amide bonds. The largest absolute Gasteiger partial charge is 0.390 e. The van der Waals surface area contributed by atoms with Gasteiger partial charge in [0.05, 0.1) is 5.60 Å². The van der Waals surface area contributed by atoms with Gasteiger partial charge in [0.25, 0.3) is 0 Å². The standard InChI is InChI=1S/C26H46O/c1-6-7-8-18(2)21-11-12-22-20-10-9-19-17-24(3,27)15-16-25(19,4)23(20)13-14-26(21,22)5/h18-23,27H,6-17H2,1-5H3/t18-,19-,20+,21-,22+,23+,24+,25+,26-/m1/s1. The Balaban J connectivity index is 1.52. The van der Waals surface area contributed by atoms with Crippen LogP contribution < -0.4 is 0 Å². The highest BCUT2D eigenvalue weighted by Crippen LogP contribution is 2.68. The molecule has 0 saturated heterocycles. The van der Waals surface area contributed by atoms with Crippen LogP contribution in [0.1, 0.15) is 112 Å². The molecule has 4 fully saturated rings. The quantitative estimate of drug-likeness (QED) is 0.550. The van der Waals surface area contributed by atoms with E-state index in [1.807, 2.05) is 0 Å². The number of fused-ring (bicyclic) bond motifs is 5. The van der Waals surface area contributed by atoms with E-state index >= 15 is 0 Å². The first-order chi connectivity index (χ1) is 12.7. The highest BCUT2D eigenvalue weighted by Gasteiger charge is 2.61. The molecule has 0 aromatic heterocycles. The van der Waals surface area contributed by atoms with Gasteiger partial charge in [0.2, 0.25) is 0 Å². The second-order valence-corrected chi connectivity index (χ2v) is 12.2. The lowest BCUT2D eigenvalue weighted by atomic mass is 9.43. The van der Waals surface area contributed by atoms with Gasteiger partial charge in [-0.1, -0.05) is 47.0 Å². The van der Waals surface area contributed by atoms with Crippen LogP contribution in [-0.4, -0.2) is 10.7 Å². The van der Waals surface area contributed by atoms with Gasteiger partial charge >= 0.3 is 0 Å². The molecule has 4 saturated carbocycles. The summed E-state index contributed by atoms with van der Waals surface area (Å²) in [6.45, 7) is 12.3. The van der Waals surface area contributed by atoms with Crippen LogP contribution in [-0.2, 0) is 0 Å². The molecule has 4 aliphatic rings. The Morgan fingerprint density at radius 2 is 1.63 bits per heavy atom. The van der Waals surface area contributed by atoms with Gasteiger partial charge < -0.3 is 5.11 Å². The molecule has 156 valence electrons. The lowest BCUT2D eigenvalue weighted by Crippen LogP contribution is -2.55. The first-order valence-electron chi connectivity index (χ1n) is 12.4. The molecular formula is C26H46O. The molecule has 0 bridgehead atoms. The van der Waals surface area contributed by atoms with E-state index in [2.05, 4.69) is 34.6 Å². The Hall–Kier alpha value is -0.0400. The second kappa shape index (κ2) is 7.03. The molecular weight excluding hydrogens is 328 g/mol. The van der Waals surface area contributed by atoms with Crippen LogP contribution in [0.3, 0.4) is 0 Å². The van der Waals surface area contributed by atoms with Crippen molar-refractivity contribution in [3.05, 3.63) is 0 Å². The highest BCUT2D eigenvalue weighted by atomic mass is 16.3. The third-order valence-corrected chi connectivity index (χ3v) is 10.7. The second-order valence-electron chi connectivity index (χ2n) is 12.2. The third kappa shape index (κ3) is 3.23. The Bertz CT molecular complexity index is 538. The molecule has 27 heavy (non-hydrogen) atoms. The predicted octanol–water partition coefficient (Wildman–Crippen LogP) is 7.22. The summed E-state index contributed by atoms with van der Waals surface area (Å²) in [7, 11) is 0. The van der Waals surface area contributed by atoms with Crippen LogP contribution in [0.2, 0.25) is 0 Å². The molecule has 1 heteroatoms. The van der Waals surface area contributed by atoms with Crippen molar-refractivity contribution in [3.63, 3.8) is 0 Å². The summed E-state index contributed by atoms with van der Waals surface area (Å²) in [6.07, 6.45) is 16.4. The Labute approximate surface area is 169 Å². The van der Waals surface area contributed by atoms with Crippen molar-refractivity contribution in [2.45, 2.75) is 117 Å². The molecule has 0 radical (unpaired) electrons. The van der Waals surface area contributed by atoms with Gasteiger partial charge in [-0.2, -0.15) is 0 Å². The molecule has 0 heterocycles. The fourth-order valence-electron chi connectivity index (χ4n) is 9.13. The highest BCUT2D eigenvalue weighted by molar-refractivity contribution is 5.10. The molecule has 1 N–H and O–H groups in total. The monoisotopic (exact) mass is 374 g/mol. The molecule has 0 aromatic rings. The minimum absolute atomic E-state index is 0.395. The summed E-state index contributed by atoms with van der Waals surface area (Å²) >= 11 is 0. The van der Waals surface area contributed by atoms with Crippen molar-refractivity contribution in [2.75, 3.05) is 0 Å². The summed E-state index contributed by atoms with van der Waals surface area (Å²) in [4.78, 5) is 0. The molecule has 4 rings (SSSR count). The van der Waals surface area contributed by atoms with Gasteiger partial charge in [0.15, 0.2) is 0 Å². The van der Waals surface area contributed by atoms with E-state index in [1.54, 1.807) is 0 Å². The van der Waals surface area contributed by atoms with Gasteiger partial charge in [-0.25, -0.2) is 0 Å². The summed E-state index contributed by atoms with van der Waals surface area (Å²) in [6, 6.07) is 0. The maximum atomic E-state index is 10.7. The smallest absolute Gasteiger partial charge is 0.0622 e. The lowest BCUT2D eigenvalue weighted by Gasteiger charge is -2.62. The van der Waals surface area contributed by atoms with E-state index in [1.165, 1.54) is 64.2 Å². The summed E-state index contributed by atoms with van der Waals surface area (Å²) in [5.74, 6) is 5.59. The average molecular weight is 375 g/mol.